The Kier molecular flexibility index (Phi) is 3.82. The molecular formula is C12H18N4O. The highest BCUT2D eigenvalue weighted by atomic mass is 16.2. The molecule has 5 nitrogen and oxygen atoms in total. The lowest BCUT2D eigenvalue weighted by atomic mass is 10.1. The fourth-order valence-corrected chi connectivity index (χ4v) is 2.06. The van der Waals surface area contributed by atoms with Gasteiger partial charge in [0.2, 0.25) is 0 Å². The summed E-state index contributed by atoms with van der Waals surface area (Å²) in [6.07, 6.45) is 1.10. The Morgan fingerprint density at radius 3 is 3.12 bits per heavy atom. The first kappa shape index (κ1) is 11.7. The van der Waals surface area contributed by atoms with E-state index in [1.165, 1.54) is 16.8 Å². The molecule has 0 unspecified atom stereocenters. The van der Waals surface area contributed by atoms with Crippen molar-refractivity contribution in [2.45, 2.75) is 13.0 Å². The summed E-state index contributed by atoms with van der Waals surface area (Å²) in [5, 5.41) is 9.22. The topological polar surface area (TPSA) is 79.2 Å². The van der Waals surface area contributed by atoms with Gasteiger partial charge >= 0.3 is 6.03 Å². The molecule has 0 bridgehead atoms. The fraction of sp³-hybridized carbons (Fsp3) is 0.417. The molecule has 0 atom stereocenters. The van der Waals surface area contributed by atoms with Crippen molar-refractivity contribution in [1.29, 1.82) is 0 Å². The number of urea groups is 1. The molecule has 0 saturated carbocycles. The summed E-state index contributed by atoms with van der Waals surface area (Å²) in [5.41, 5.74) is 8.90. The van der Waals surface area contributed by atoms with Gasteiger partial charge in [0.15, 0.2) is 0 Å². The molecule has 0 aliphatic carbocycles. The molecule has 0 aromatic heterocycles. The first-order valence-corrected chi connectivity index (χ1v) is 5.86. The quantitative estimate of drug-likeness (QED) is 0.557. The molecule has 2 rings (SSSR count). The maximum absolute atomic E-state index is 10.5. The molecule has 0 spiro atoms. The van der Waals surface area contributed by atoms with Crippen molar-refractivity contribution in [3.8, 4) is 0 Å². The molecule has 92 valence electrons. The van der Waals surface area contributed by atoms with Gasteiger partial charge in [0.25, 0.3) is 0 Å². The van der Waals surface area contributed by atoms with Crippen LogP contribution in [0.5, 0.6) is 0 Å². The van der Waals surface area contributed by atoms with E-state index < -0.39 is 6.03 Å². The second-order valence-corrected chi connectivity index (χ2v) is 4.10. The lowest BCUT2D eigenvalue weighted by Gasteiger charge is -2.10. The summed E-state index contributed by atoms with van der Waals surface area (Å²) in [7, 11) is 0. The van der Waals surface area contributed by atoms with Crippen molar-refractivity contribution in [3.63, 3.8) is 0 Å². The van der Waals surface area contributed by atoms with E-state index in [1.807, 2.05) is 0 Å². The van der Waals surface area contributed by atoms with Crippen molar-refractivity contribution in [2.24, 2.45) is 5.73 Å². The number of anilines is 1. The number of nitrogens with one attached hydrogen (secondary N) is 3. The van der Waals surface area contributed by atoms with Crippen LogP contribution in [0.3, 0.4) is 0 Å². The summed E-state index contributed by atoms with van der Waals surface area (Å²) >= 11 is 0. The molecule has 1 heterocycles. The third-order valence-corrected chi connectivity index (χ3v) is 2.85. The van der Waals surface area contributed by atoms with E-state index in [-0.39, 0.29) is 0 Å². The fourth-order valence-electron chi connectivity index (χ4n) is 2.06. The Balaban J connectivity index is 1.80. The maximum Gasteiger partial charge on any atom is 0.312 e. The Bertz CT molecular complexity index is 405. The van der Waals surface area contributed by atoms with E-state index in [0.717, 1.165) is 19.5 Å². The number of benzene rings is 1. The maximum atomic E-state index is 10.5. The molecule has 0 saturated heterocycles. The van der Waals surface area contributed by atoms with Gasteiger partial charge in [-0.3, -0.25) is 0 Å². The van der Waals surface area contributed by atoms with E-state index in [0.29, 0.717) is 13.1 Å². The standard InChI is InChI=1S/C12H18N4O/c13-12(17)16-7-6-14-8-10-3-1-2-9-4-5-15-11(9)10/h1-3,14-15H,4-8H2,(H3,13,16,17). The molecule has 1 aliphatic heterocycles. The number of carbonyl (C=O) groups is 1. The molecular weight excluding hydrogens is 216 g/mol. The first-order valence-electron chi connectivity index (χ1n) is 5.86. The zero-order valence-electron chi connectivity index (χ0n) is 9.75. The minimum atomic E-state index is -0.478. The number of carbonyl (C=O) groups excluding carboxylic acids is 1. The third-order valence-electron chi connectivity index (χ3n) is 2.85. The number of amides is 2. The van der Waals surface area contributed by atoms with E-state index >= 15 is 0 Å². The van der Waals surface area contributed by atoms with Crippen LogP contribution in [-0.4, -0.2) is 25.7 Å². The summed E-state index contributed by atoms with van der Waals surface area (Å²) in [4.78, 5) is 10.5. The summed E-state index contributed by atoms with van der Waals surface area (Å²) in [5.74, 6) is 0. The van der Waals surface area contributed by atoms with Gasteiger partial charge in [0.1, 0.15) is 0 Å². The summed E-state index contributed by atoms with van der Waals surface area (Å²) < 4.78 is 0. The van der Waals surface area contributed by atoms with Gasteiger partial charge in [-0.15, -0.1) is 0 Å². The van der Waals surface area contributed by atoms with Crippen LogP contribution < -0.4 is 21.7 Å². The van der Waals surface area contributed by atoms with E-state index in [9.17, 15) is 4.79 Å². The van der Waals surface area contributed by atoms with Crippen LogP contribution in [0.4, 0.5) is 10.5 Å². The largest absolute Gasteiger partial charge is 0.384 e. The molecule has 1 aromatic rings. The second-order valence-electron chi connectivity index (χ2n) is 4.10. The van der Waals surface area contributed by atoms with Crippen LogP contribution in [0, 0.1) is 0 Å². The third kappa shape index (κ3) is 3.10. The molecule has 0 radical (unpaired) electrons. The molecule has 2 amide bonds. The van der Waals surface area contributed by atoms with E-state index in [2.05, 4.69) is 34.1 Å². The highest BCUT2D eigenvalue weighted by Gasteiger charge is 2.12. The van der Waals surface area contributed by atoms with Gasteiger partial charge in [0, 0.05) is 31.9 Å². The molecule has 5 heteroatoms. The average molecular weight is 234 g/mol. The van der Waals surface area contributed by atoms with E-state index in [1.54, 1.807) is 0 Å². The molecule has 17 heavy (non-hydrogen) atoms. The smallest absolute Gasteiger partial charge is 0.312 e. The van der Waals surface area contributed by atoms with Crippen LogP contribution >= 0.6 is 0 Å². The van der Waals surface area contributed by atoms with Crippen molar-refractivity contribution in [2.75, 3.05) is 25.0 Å². The number of fused-ring (bicyclic) bond motifs is 1. The van der Waals surface area contributed by atoms with Crippen LogP contribution in [-0.2, 0) is 13.0 Å². The Morgan fingerprint density at radius 1 is 1.41 bits per heavy atom. The lowest BCUT2D eigenvalue weighted by Crippen LogP contribution is -2.35. The van der Waals surface area contributed by atoms with Crippen LogP contribution in [0.15, 0.2) is 18.2 Å². The number of hydrogen-bond acceptors (Lipinski definition) is 3. The van der Waals surface area contributed by atoms with Gasteiger partial charge in [-0.2, -0.15) is 0 Å². The van der Waals surface area contributed by atoms with Gasteiger partial charge in [0.05, 0.1) is 0 Å². The van der Waals surface area contributed by atoms with Gasteiger partial charge < -0.3 is 21.7 Å². The number of para-hydroxylation sites is 1. The number of hydrogen-bond donors (Lipinski definition) is 4. The van der Waals surface area contributed by atoms with Gasteiger partial charge in [-0.05, 0) is 17.5 Å². The van der Waals surface area contributed by atoms with Crippen molar-refractivity contribution >= 4 is 11.7 Å². The predicted molar refractivity (Wildman–Crippen MR) is 67.9 cm³/mol. The van der Waals surface area contributed by atoms with Crippen LogP contribution in [0.2, 0.25) is 0 Å². The Labute approximate surface area is 101 Å². The number of primary amides is 1. The highest BCUT2D eigenvalue weighted by Crippen LogP contribution is 2.25. The Hall–Kier alpha value is -1.75. The van der Waals surface area contributed by atoms with Crippen molar-refractivity contribution < 1.29 is 4.79 Å². The van der Waals surface area contributed by atoms with Gasteiger partial charge in [-0.25, -0.2) is 4.79 Å². The lowest BCUT2D eigenvalue weighted by molar-refractivity contribution is 0.249. The molecule has 1 aliphatic rings. The van der Waals surface area contributed by atoms with Crippen LogP contribution in [0.25, 0.3) is 0 Å². The zero-order chi connectivity index (χ0) is 12.1. The minimum Gasteiger partial charge on any atom is -0.384 e. The molecule has 5 N–H and O–H groups in total. The Morgan fingerprint density at radius 2 is 2.29 bits per heavy atom. The average Bonchev–Trinajstić information content (AvgIpc) is 2.77. The zero-order valence-corrected chi connectivity index (χ0v) is 9.75. The summed E-state index contributed by atoms with van der Waals surface area (Å²) in [6.45, 7) is 3.09. The second kappa shape index (κ2) is 5.54. The van der Waals surface area contributed by atoms with Crippen molar-refractivity contribution in [3.05, 3.63) is 29.3 Å². The van der Waals surface area contributed by atoms with Gasteiger partial charge in [-0.1, -0.05) is 18.2 Å². The predicted octanol–water partition coefficient (Wildman–Crippen LogP) is 0.412. The van der Waals surface area contributed by atoms with Crippen LogP contribution in [0.1, 0.15) is 11.1 Å². The SMILES string of the molecule is NC(=O)NCCNCc1cccc2c1NCC2. The minimum absolute atomic E-state index is 0.478. The van der Waals surface area contributed by atoms with Crippen molar-refractivity contribution in [1.82, 2.24) is 10.6 Å². The number of nitrogens with two attached hydrogens (primary N) is 1. The summed E-state index contributed by atoms with van der Waals surface area (Å²) in [6, 6.07) is 5.89. The number of rotatable bonds is 5. The highest BCUT2D eigenvalue weighted by molar-refractivity contribution is 5.71. The molecule has 0 fully saturated rings. The van der Waals surface area contributed by atoms with E-state index in [4.69, 9.17) is 5.73 Å². The normalized spacial score (nSPS) is 12.9. The monoisotopic (exact) mass is 234 g/mol. The molecule has 1 aromatic carbocycles. The first-order chi connectivity index (χ1) is 8.27.